The molecule has 2 aliphatic heterocycles. The minimum Gasteiger partial charge on any atom is -0.465 e. The predicted octanol–water partition coefficient (Wildman–Crippen LogP) is -0.205. The van der Waals surface area contributed by atoms with E-state index in [2.05, 4.69) is 4.90 Å². The summed E-state index contributed by atoms with van der Waals surface area (Å²) < 4.78 is 0. The fraction of sp³-hybridized carbons (Fsp3) is 0.882. The highest BCUT2D eigenvalue weighted by atomic mass is 16.4. The molecule has 0 aromatic rings. The minimum atomic E-state index is -1.06. The van der Waals surface area contributed by atoms with Crippen molar-refractivity contribution < 1.29 is 24.9 Å². The molecule has 3 fully saturated rings. The number of aliphatic hydroxyl groups is 2. The number of amides is 2. The molecular formula is C17H29N3O5. The Labute approximate surface area is 148 Å². The molecular weight excluding hydrogens is 326 g/mol. The zero-order chi connectivity index (χ0) is 18.2. The summed E-state index contributed by atoms with van der Waals surface area (Å²) in [5, 5.41) is 29.2. The lowest BCUT2D eigenvalue weighted by Crippen LogP contribution is -2.58. The molecule has 0 aromatic heterocycles. The highest BCUT2D eigenvalue weighted by molar-refractivity contribution is 5.86. The average molecular weight is 355 g/mol. The number of piperidine rings is 1. The third-order valence-electron chi connectivity index (χ3n) is 6.36. The Balaban J connectivity index is 1.51. The van der Waals surface area contributed by atoms with E-state index in [0.29, 0.717) is 32.6 Å². The molecule has 1 spiro atoms. The number of carbonyl (C=O) groups excluding carboxylic acids is 1. The molecule has 1 saturated carbocycles. The van der Waals surface area contributed by atoms with E-state index >= 15 is 0 Å². The lowest BCUT2D eigenvalue weighted by atomic mass is 9.89. The number of hydrogen-bond donors (Lipinski definition) is 3. The van der Waals surface area contributed by atoms with Crippen molar-refractivity contribution in [3.63, 3.8) is 0 Å². The van der Waals surface area contributed by atoms with Gasteiger partial charge in [-0.1, -0.05) is 0 Å². The number of rotatable bonds is 5. The maximum Gasteiger partial charge on any atom is 0.408 e. The summed E-state index contributed by atoms with van der Waals surface area (Å²) in [6.45, 7) is 4.28. The van der Waals surface area contributed by atoms with Crippen molar-refractivity contribution in [3.8, 4) is 0 Å². The van der Waals surface area contributed by atoms with Gasteiger partial charge in [-0.3, -0.25) is 14.6 Å². The van der Waals surface area contributed by atoms with E-state index in [1.165, 1.54) is 4.90 Å². The van der Waals surface area contributed by atoms with Gasteiger partial charge in [0.05, 0.1) is 12.7 Å². The smallest absolute Gasteiger partial charge is 0.408 e. The van der Waals surface area contributed by atoms with Crippen LogP contribution in [0.15, 0.2) is 0 Å². The van der Waals surface area contributed by atoms with Gasteiger partial charge in [0.25, 0.3) is 0 Å². The van der Waals surface area contributed by atoms with Crippen LogP contribution in [-0.4, -0.2) is 99.5 Å². The number of piperazine rings is 1. The predicted molar refractivity (Wildman–Crippen MR) is 90.1 cm³/mol. The van der Waals surface area contributed by atoms with E-state index in [0.717, 1.165) is 25.8 Å². The van der Waals surface area contributed by atoms with Crippen molar-refractivity contribution in [2.24, 2.45) is 5.41 Å². The Bertz CT molecular complexity index is 524. The summed E-state index contributed by atoms with van der Waals surface area (Å²) in [6, 6.07) is -0.739. The van der Waals surface area contributed by atoms with Crippen LogP contribution in [0.25, 0.3) is 0 Å². The normalized spacial score (nSPS) is 30.6. The van der Waals surface area contributed by atoms with Crippen LogP contribution in [0.3, 0.4) is 0 Å². The zero-order valence-electron chi connectivity index (χ0n) is 14.8. The molecule has 3 atom stereocenters. The first-order valence-corrected chi connectivity index (χ1v) is 9.19. The van der Waals surface area contributed by atoms with Crippen LogP contribution in [0.1, 0.15) is 32.6 Å². The molecule has 8 nitrogen and oxygen atoms in total. The van der Waals surface area contributed by atoms with Crippen LogP contribution >= 0.6 is 0 Å². The molecule has 0 bridgehead atoms. The van der Waals surface area contributed by atoms with Crippen molar-refractivity contribution >= 4 is 12.0 Å². The van der Waals surface area contributed by atoms with Crippen molar-refractivity contribution in [2.45, 2.75) is 50.8 Å². The SMILES string of the molecule is C[C@H]1C(=O)N(CC[C@@H](CO)N2CCC3(CC3)[C@H](O)C2)CCN1C(=O)O. The van der Waals surface area contributed by atoms with E-state index in [1.54, 1.807) is 11.8 Å². The molecule has 3 aliphatic rings. The van der Waals surface area contributed by atoms with Crippen LogP contribution in [0, 0.1) is 5.41 Å². The first-order valence-electron chi connectivity index (χ1n) is 9.19. The fourth-order valence-electron chi connectivity index (χ4n) is 4.22. The summed E-state index contributed by atoms with van der Waals surface area (Å²) in [7, 11) is 0. The molecule has 3 N–H and O–H groups in total. The van der Waals surface area contributed by atoms with Gasteiger partial charge in [0, 0.05) is 32.2 Å². The third kappa shape index (κ3) is 3.61. The molecule has 1 aliphatic carbocycles. The number of carboxylic acid groups (broad SMARTS) is 1. The topological polar surface area (TPSA) is 105 Å². The Hall–Kier alpha value is -1.38. The third-order valence-corrected chi connectivity index (χ3v) is 6.36. The molecule has 2 amide bonds. The maximum atomic E-state index is 12.4. The van der Waals surface area contributed by atoms with Gasteiger partial charge in [-0.2, -0.15) is 0 Å². The van der Waals surface area contributed by atoms with Gasteiger partial charge >= 0.3 is 6.09 Å². The van der Waals surface area contributed by atoms with Gasteiger partial charge in [0.15, 0.2) is 0 Å². The molecule has 0 radical (unpaired) electrons. The second-order valence-corrected chi connectivity index (χ2v) is 7.73. The highest BCUT2D eigenvalue weighted by Crippen LogP contribution is 2.53. The van der Waals surface area contributed by atoms with Crippen molar-refractivity contribution in [3.05, 3.63) is 0 Å². The fourth-order valence-corrected chi connectivity index (χ4v) is 4.22. The maximum absolute atomic E-state index is 12.4. The Kier molecular flexibility index (Phi) is 5.22. The summed E-state index contributed by atoms with van der Waals surface area (Å²) in [6.07, 6.45) is 2.42. The van der Waals surface area contributed by atoms with Gasteiger partial charge < -0.3 is 20.2 Å². The van der Waals surface area contributed by atoms with Crippen molar-refractivity contribution in [1.82, 2.24) is 14.7 Å². The molecule has 25 heavy (non-hydrogen) atoms. The van der Waals surface area contributed by atoms with Gasteiger partial charge in [-0.25, -0.2) is 4.79 Å². The molecule has 8 heteroatoms. The van der Waals surface area contributed by atoms with Crippen molar-refractivity contribution in [2.75, 3.05) is 39.3 Å². The molecule has 2 heterocycles. The van der Waals surface area contributed by atoms with Crippen molar-refractivity contribution in [1.29, 1.82) is 0 Å². The number of nitrogens with zero attached hydrogens (tertiary/aromatic N) is 3. The zero-order valence-corrected chi connectivity index (χ0v) is 14.8. The number of aliphatic hydroxyl groups excluding tert-OH is 2. The highest BCUT2D eigenvalue weighted by Gasteiger charge is 2.51. The summed E-state index contributed by atoms with van der Waals surface area (Å²) in [5.41, 5.74) is 0.134. The van der Waals surface area contributed by atoms with E-state index in [1.807, 2.05) is 0 Å². The van der Waals surface area contributed by atoms with Gasteiger partial charge in [0.1, 0.15) is 6.04 Å². The Morgan fingerprint density at radius 1 is 1.28 bits per heavy atom. The summed E-state index contributed by atoms with van der Waals surface area (Å²) in [4.78, 5) is 28.5. The number of carbonyl (C=O) groups is 2. The lowest BCUT2D eigenvalue weighted by Gasteiger charge is -2.42. The average Bonchev–Trinajstić information content (AvgIpc) is 3.36. The molecule has 2 saturated heterocycles. The standard InChI is InChI=1S/C17H29N3O5/c1-12-15(23)18(8-9-20(12)16(24)25)6-2-13(11-21)19-7-5-17(3-4-17)14(22)10-19/h12-14,21-22H,2-11H2,1H3,(H,24,25)/t12-,13-,14+/m0/s1. The monoisotopic (exact) mass is 355 g/mol. The first-order chi connectivity index (χ1) is 11.9. The number of hydrogen-bond acceptors (Lipinski definition) is 5. The largest absolute Gasteiger partial charge is 0.465 e. The quantitative estimate of drug-likeness (QED) is 0.631. The van der Waals surface area contributed by atoms with Crippen LogP contribution < -0.4 is 0 Å². The minimum absolute atomic E-state index is 0.00143. The first kappa shape index (κ1) is 18.4. The van der Waals surface area contributed by atoms with E-state index < -0.39 is 12.1 Å². The Morgan fingerprint density at radius 3 is 2.56 bits per heavy atom. The van der Waals surface area contributed by atoms with Gasteiger partial charge in [0.2, 0.25) is 5.91 Å². The summed E-state index contributed by atoms with van der Waals surface area (Å²) in [5.74, 6) is -0.180. The van der Waals surface area contributed by atoms with Crippen LogP contribution in [0.5, 0.6) is 0 Å². The molecule has 142 valence electrons. The molecule has 0 aromatic carbocycles. The number of likely N-dealkylation sites (tertiary alicyclic amines) is 1. The molecule has 3 rings (SSSR count). The van der Waals surface area contributed by atoms with Crippen LogP contribution in [0.4, 0.5) is 4.79 Å². The van der Waals surface area contributed by atoms with Crippen LogP contribution in [0.2, 0.25) is 0 Å². The number of β-amino-alcohol motifs (C(OH)–C–C–N with tert-alkyl or cyclic N) is 1. The lowest BCUT2D eigenvalue weighted by molar-refractivity contribution is -0.140. The Morgan fingerprint density at radius 2 is 2.00 bits per heavy atom. The second kappa shape index (κ2) is 7.09. The van der Waals surface area contributed by atoms with E-state index in [9.17, 15) is 19.8 Å². The van der Waals surface area contributed by atoms with Crippen LogP contribution in [-0.2, 0) is 4.79 Å². The summed E-state index contributed by atoms with van der Waals surface area (Å²) >= 11 is 0. The second-order valence-electron chi connectivity index (χ2n) is 7.73. The van der Waals surface area contributed by atoms with Gasteiger partial charge in [-0.05, 0) is 44.6 Å². The molecule has 0 unspecified atom stereocenters. The van der Waals surface area contributed by atoms with E-state index in [4.69, 9.17) is 5.11 Å². The van der Waals surface area contributed by atoms with E-state index in [-0.39, 0.29) is 30.1 Å². The van der Waals surface area contributed by atoms with Gasteiger partial charge in [-0.15, -0.1) is 0 Å².